The third-order valence-electron chi connectivity index (χ3n) is 3.15. The molecule has 82 valence electrons. The summed E-state index contributed by atoms with van der Waals surface area (Å²) in [6.07, 6.45) is 6.99. The van der Waals surface area contributed by atoms with E-state index in [1.807, 2.05) is 16.8 Å². The van der Waals surface area contributed by atoms with Crippen molar-refractivity contribution in [3.8, 4) is 0 Å². The van der Waals surface area contributed by atoms with Gasteiger partial charge in [-0.15, -0.1) is 0 Å². The molecule has 1 aromatic rings. The molecule has 1 heterocycles. The molecule has 0 bridgehead atoms. The first kappa shape index (κ1) is 11.2. The van der Waals surface area contributed by atoms with Crippen molar-refractivity contribution < 1.29 is 5.11 Å². The van der Waals surface area contributed by atoms with Gasteiger partial charge in [-0.05, 0) is 30.6 Å². The molecule has 1 N–H and O–H groups in total. The van der Waals surface area contributed by atoms with Crippen molar-refractivity contribution in [1.82, 2.24) is 0 Å². The first-order valence-corrected chi connectivity index (χ1v) is 6.61. The Morgan fingerprint density at radius 1 is 1.60 bits per heavy atom. The Bertz CT molecular complexity index is 371. The van der Waals surface area contributed by atoms with E-state index in [4.69, 9.17) is 11.6 Å². The van der Waals surface area contributed by atoms with Gasteiger partial charge in [-0.25, -0.2) is 0 Å². The Kier molecular flexibility index (Phi) is 3.19. The average molecular weight is 243 g/mol. The molecule has 0 radical (unpaired) electrons. The minimum Gasteiger partial charge on any atom is -0.381 e. The molecule has 3 heteroatoms. The molecule has 1 aromatic heterocycles. The summed E-state index contributed by atoms with van der Waals surface area (Å²) in [5, 5.41) is 15.0. The molecule has 0 saturated heterocycles. The maximum Gasteiger partial charge on any atom is 0.110 e. The van der Waals surface area contributed by atoms with Gasteiger partial charge in [0.25, 0.3) is 0 Å². The Balaban J connectivity index is 2.26. The fourth-order valence-corrected chi connectivity index (χ4v) is 3.25. The van der Waals surface area contributed by atoms with Crippen LogP contribution in [-0.4, -0.2) is 5.11 Å². The fourth-order valence-electron chi connectivity index (χ4n) is 2.04. The van der Waals surface area contributed by atoms with Gasteiger partial charge in [-0.3, -0.25) is 0 Å². The largest absolute Gasteiger partial charge is 0.381 e. The lowest BCUT2D eigenvalue weighted by atomic mass is 9.81. The summed E-state index contributed by atoms with van der Waals surface area (Å²) in [4.78, 5) is 0. The molecule has 0 fully saturated rings. The lowest BCUT2D eigenvalue weighted by Gasteiger charge is -2.30. The Morgan fingerprint density at radius 3 is 2.87 bits per heavy atom. The number of aliphatic hydroxyl groups is 1. The molecule has 0 aliphatic heterocycles. The zero-order valence-electron chi connectivity index (χ0n) is 8.74. The molecular formula is C12H15ClOS. The molecule has 1 nitrogen and oxygen atoms in total. The molecule has 0 amide bonds. The van der Waals surface area contributed by atoms with Crippen molar-refractivity contribution in [2.45, 2.75) is 31.8 Å². The van der Waals surface area contributed by atoms with E-state index in [0.717, 1.165) is 24.8 Å². The zero-order valence-corrected chi connectivity index (χ0v) is 10.3. The highest BCUT2D eigenvalue weighted by Crippen LogP contribution is 2.39. The van der Waals surface area contributed by atoms with E-state index >= 15 is 0 Å². The van der Waals surface area contributed by atoms with Crippen molar-refractivity contribution in [1.29, 1.82) is 0 Å². The first-order valence-electron chi connectivity index (χ1n) is 5.29. The minimum atomic E-state index is -0.831. The minimum absolute atomic E-state index is 0.614. The molecule has 1 aliphatic carbocycles. The number of allylic oxidation sites excluding steroid dienone is 1. The highest BCUT2D eigenvalue weighted by atomic mass is 35.5. The number of hydrogen-bond donors (Lipinski definition) is 1. The van der Waals surface area contributed by atoms with Crippen LogP contribution in [-0.2, 0) is 5.60 Å². The van der Waals surface area contributed by atoms with Crippen LogP contribution in [0.5, 0.6) is 0 Å². The summed E-state index contributed by atoms with van der Waals surface area (Å²) in [5.74, 6) is 0.614. The van der Waals surface area contributed by atoms with Crippen molar-refractivity contribution in [3.05, 3.63) is 33.5 Å². The molecule has 2 atom stereocenters. The first-order chi connectivity index (χ1) is 7.15. The quantitative estimate of drug-likeness (QED) is 0.779. The summed E-state index contributed by atoms with van der Waals surface area (Å²) in [5.41, 5.74) is 0.0305. The highest BCUT2D eigenvalue weighted by Gasteiger charge is 2.32. The monoisotopic (exact) mass is 242 g/mol. The van der Waals surface area contributed by atoms with E-state index in [9.17, 15) is 5.11 Å². The van der Waals surface area contributed by atoms with Crippen LogP contribution < -0.4 is 0 Å². The Labute approximate surface area is 99.4 Å². The molecule has 0 aromatic carbocycles. The van der Waals surface area contributed by atoms with Crippen molar-refractivity contribution in [3.63, 3.8) is 0 Å². The molecular weight excluding hydrogens is 228 g/mol. The second-order valence-corrected chi connectivity index (χ2v) is 5.27. The normalized spacial score (nSPS) is 30.7. The third kappa shape index (κ3) is 2.12. The lowest BCUT2D eigenvalue weighted by molar-refractivity contribution is 0.0666. The van der Waals surface area contributed by atoms with Crippen LogP contribution >= 0.6 is 22.9 Å². The van der Waals surface area contributed by atoms with E-state index < -0.39 is 5.60 Å². The van der Waals surface area contributed by atoms with Crippen molar-refractivity contribution in [2.75, 3.05) is 0 Å². The van der Waals surface area contributed by atoms with Crippen LogP contribution in [0, 0.1) is 5.92 Å². The van der Waals surface area contributed by atoms with Crippen LogP contribution in [0.25, 0.3) is 0 Å². The topological polar surface area (TPSA) is 20.2 Å². The van der Waals surface area contributed by atoms with Crippen molar-refractivity contribution >= 4 is 22.9 Å². The summed E-state index contributed by atoms with van der Waals surface area (Å²) < 4.78 is 0. The van der Waals surface area contributed by atoms with Gasteiger partial charge in [-0.2, -0.15) is 11.3 Å². The number of thiophene rings is 1. The number of halogens is 1. The highest BCUT2D eigenvalue weighted by molar-refractivity contribution is 7.08. The third-order valence-corrected chi connectivity index (χ3v) is 4.33. The summed E-state index contributed by atoms with van der Waals surface area (Å²) in [6, 6.07) is 0. The van der Waals surface area contributed by atoms with E-state index in [-0.39, 0.29) is 0 Å². The average Bonchev–Trinajstić information content (AvgIpc) is 2.66. The van der Waals surface area contributed by atoms with E-state index in [2.05, 4.69) is 13.0 Å². The van der Waals surface area contributed by atoms with Gasteiger partial charge in [0, 0.05) is 10.9 Å². The molecule has 0 saturated carbocycles. The van der Waals surface area contributed by atoms with Crippen LogP contribution in [0.4, 0.5) is 0 Å². The SMILES string of the molecule is CCC1C=CC(O)(c2cscc2Cl)CC1. The maximum absolute atomic E-state index is 10.5. The molecule has 15 heavy (non-hydrogen) atoms. The van der Waals surface area contributed by atoms with Gasteiger partial charge in [0.15, 0.2) is 0 Å². The Morgan fingerprint density at radius 2 is 2.40 bits per heavy atom. The lowest BCUT2D eigenvalue weighted by Crippen LogP contribution is -2.26. The van der Waals surface area contributed by atoms with Crippen LogP contribution in [0.3, 0.4) is 0 Å². The van der Waals surface area contributed by atoms with Crippen LogP contribution in [0.15, 0.2) is 22.9 Å². The van der Waals surface area contributed by atoms with Crippen molar-refractivity contribution in [2.24, 2.45) is 5.92 Å². The second-order valence-electron chi connectivity index (χ2n) is 4.12. The maximum atomic E-state index is 10.5. The summed E-state index contributed by atoms with van der Waals surface area (Å²) in [7, 11) is 0. The van der Waals surface area contributed by atoms with Gasteiger partial charge in [0.2, 0.25) is 0 Å². The van der Waals surface area contributed by atoms with E-state index in [0.29, 0.717) is 10.9 Å². The van der Waals surface area contributed by atoms with Gasteiger partial charge in [0.05, 0.1) is 5.02 Å². The zero-order chi connectivity index (χ0) is 10.9. The van der Waals surface area contributed by atoms with E-state index in [1.54, 1.807) is 0 Å². The van der Waals surface area contributed by atoms with Gasteiger partial charge >= 0.3 is 0 Å². The molecule has 2 unspecified atom stereocenters. The molecule has 1 aliphatic rings. The summed E-state index contributed by atoms with van der Waals surface area (Å²) >= 11 is 7.59. The summed E-state index contributed by atoms with van der Waals surface area (Å²) in [6.45, 7) is 2.18. The van der Waals surface area contributed by atoms with Crippen LogP contribution in [0.2, 0.25) is 5.02 Å². The van der Waals surface area contributed by atoms with E-state index in [1.165, 1.54) is 11.3 Å². The molecule has 0 spiro atoms. The second kappa shape index (κ2) is 4.28. The van der Waals surface area contributed by atoms with Crippen LogP contribution in [0.1, 0.15) is 31.7 Å². The Hall–Kier alpha value is -0.310. The predicted molar refractivity (Wildman–Crippen MR) is 65.4 cm³/mol. The fraction of sp³-hybridized carbons (Fsp3) is 0.500. The predicted octanol–water partition coefficient (Wildman–Crippen LogP) is 3.97. The van der Waals surface area contributed by atoms with Gasteiger partial charge in [-0.1, -0.05) is 30.7 Å². The standard InChI is InChI=1S/C12H15ClOS/c1-2-9-3-5-12(14,6-4-9)10-7-15-8-11(10)13/h3,5,7-9,14H,2,4,6H2,1H3. The van der Waals surface area contributed by atoms with Gasteiger partial charge < -0.3 is 5.11 Å². The number of rotatable bonds is 2. The smallest absolute Gasteiger partial charge is 0.110 e. The van der Waals surface area contributed by atoms with Gasteiger partial charge in [0.1, 0.15) is 5.60 Å². The molecule has 2 rings (SSSR count). The number of hydrogen-bond acceptors (Lipinski definition) is 2.